The molecule has 0 aromatic heterocycles. The van der Waals surface area contributed by atoms with E-state index in [1.165, 1.54) is 6.07 Å². The van der Waals surface area contributed by atoms with Crippen molar-refractivity contribution >= 4 is 5.69 Å². The average Bonchev–Trinajstić information content (AvgIpc) is 2.08. The lowest BCUT2D eigenvalue weighted by molar-refractivity contribution is 0.626. The van der Waals surface area contributed by atoms with Crippen molar-refractivity contribution < 1.29 is 4.39 Å². The number of rotatable bonds is 2. The third kappa shape index (κ3) is 1.74. The Morgan fingerprint density at radius 3 is 2.67 bits per heavy atom. The lowest BCUT2D eigenvalue weighted by Crippen LogP contribution is -2.09. The standard InChI is InChI=1S/C9H13FN2/c1-6(5-11)7-2-3-9(12)8(10)4-7/h2-4,6H,5,11-12H2,1H3. The maximum absolute atomic E-state index is 12.9. The topological polar surface area (TPSA) is 52.0 Å². The Morgan fingerprint density at radius 1 is 1.50 bits per heavy atom. The van der Waals surface area contributed by atoms with Gasteiger partial charge in [0.1, 0.15) is 5.82 Å². The summed E-state index contributed by atoms with van der Waals surface area (Å²) in [6.45, 7) is 2.47. The van der Waals surface area contributed by atoms with Gasteiger partial charge in [0.15, 0.2) is 0 Å². The maximum Gasteiger partial charge on any atom is 0.146 e. The van der Waals surface area contributed by atoms with Crippen LogP contribution in [0.15, 0.2) is 18.2 Å². The molecule has 1 aromatic rings. The number of nitrogen functional groups attached to an aromatic ring is 1. The van der Waals surface area contributed by atoms with Crippen LogP contribution in [-0.2, 0) is 0 Å². The molecule has 12 heavy (non-hydrogen) atoms. The third-order valence-corrected chi connectivity index (χ3v) is 1.95. The van der Waals surface area contributed by atoms with Crippen LogP contribution in [-0.4, -0.2) is 6.54 Å². The molecule has 2 nitrogen and oxygen atoms in total. The Morgan fingerprint density at radius 2 is 2.17 bits per heavy atom. The molecule has 0 fully saturated rings. The molecule has 0 saturated heterocycles. The van der Waals surface area contributed by atoms with Crippen LogP contribution in [0.1, 0.15) is 18.4 Å². The normalized spacial score (nSPS) is 12.9. The van der Waals surface area contributed by atoms with Crippen LogP contribution in [0.3, 0.4) is 0 Å². The maximum atomic E-state index is 12.9. The summed E-state index contributed by atoms with van der Waals surface area (Å²) in [4.78, 5) is 0. The van der Waals surface area contributed by atoms with Crippen molar-refractivity contribution in [1.82, 2.24) is 0 Å². The summed E-state index contributed by atoms with van der Waals surface area (Å²) in [7, 11) is 0. The van der Waals surface area contributed by atoms with Gasteiger partial charge in [-0.2, -0.15) is 0 Å². The predicted octanol–water partition coefficient (Wildman–Crippen LogP) is 1.47. The summed E-state index contributed by atoms with van der Waals surface area (Å²) in [5.41, 5.74) is 11.8. The van der Waals surface area contributed by atoms with E-state index in [1.807, 2.05) is 6.92 Å². The Kier molecular flexibility index (Phi) is 2.65. The van der Waals surface area contributed by atoms with Gasteiger partial charge in [-0.25, -0.2) is 4.39 Å². The van der Waals surface area contributed by atoms with E-state index in [1.54, 1.807) is 12.1 Å². The van der Waals surface area contributed by atoms with E-state index in [0.717, 1.165) is 5.56 Å². The fourth-order valence-corrected chi connectivity index (χ4v) is 0.986. The highest BCUT2D eigenvalue weighted by Crippen LogP contribution is 2.18. The van der Waals surface area contributed by atoms with Crippen LogP contribution in [0.25, 0.3) is 0 Å². The molecule has 3 heteroatoms. The predicted molar refractivity (Wildman–Crippen MR) is 48.3 cm³/mol. The molecule has 0 heterocycles. The van der Waals surface area contributed by atoms with Crippen molar-refractivity contribution in [3.05, 3.63) is 29.6 Å². The molecule has 1 unspecified atom stereocenters. The second kappa shape index (κ2) is 3.54. The molecule has 0 amide bonds. The summed E-state index contributed by atoms with van der Waals surface area (Å²) < 4.78 is 12.9. The van der Waals surface area contributed by atoms with Gasteiger partial charge in [0, 0.05) is 0 Å². The van der Waals surface area contributed by atoms with Crippen molar-refractivity contribution in [3.63, 3.8) is 0 Å². The second-order valence-corrected chi connectivity index (χ2v) is 2.92. The first kappa shape index (κ1) is 9.00. The van der Waals surface area contributed by atoms with Gasteiger partial charge in [-0.3, -0.25) is 0 Å². The SMILES string of the molecule is CC(CN)c1ccc(N)c(F)c1. The number of halogens is 1. The first-order valence-corrected chi connectivity index (χ1v) is 3.90. The number of hydrogen-bond donors (Lipinski definition) is 2. The van der Waals surface area contributed by atoms with E-state index in [2.05, 4.69) is 0 Å². The van der Waals surface area contributed by atoms with Gasteiger partial charge in [0.2, 0.25) is 0 Å². The molecule has 0 aliphatic carbocycles. The van der Waals surface area contributed by atoms with Crippen molar-refractivity contribution in [2.75, 3.05) is 12.3 Å². The fourth-order valence-electron chi connectivity index (χ4n) is 0.986. The van der Waals surface area contributed by atoms with Crippen LogP contribution in [0.5, 0.6) is 0 Å². The van der Waals surface area contributed by atoms with Gasteiger partial charge >= 0.3 is 0 Å². The first-order valence-electron chi connectivity index (χ1n) is 3.90. The van der Waals surface area contributed by atoms with Crippen LogP contribution >= 0.6 is 0 Å². The molecular formula is C9H13FN2. The van der Waals surface area contributed by atoms with E-state index in [9.17, 15) is 4.39 Å². The molecule has 0 radical (unpaired) electrons. The molecule has 0 aliphatic rings. The molecule has 1 rings (SSSR count). The summed E-state index contributed by atoms with van der Waals surface area (Å²) in [6, 6.07) is 4.81. The quantitative estimate of drug-likeness (QED) is 0.657. The largest absolute Gasteiger partial charge is 0.396 e. The second-order valence-electron chi connectivity index (χ2n) is 2.92. The fraction of sp³-hybridized carbons (Fsp3) is 0.333. The third-order valence-electron chi connectivity index (χ3n) is 1.95. The molecule has 1 atom stereocenters. The molecule has 0 aliphatic heterocycles. The van der Waals surface area contributed by atoms with Gasteiger partial charge in [-0.1, -0.05) is 13.0 Å². The Bertz CT molecular complexity index is 273. The van der Waals surface area contributed by atoms with E-state index in [4.69, 9.17) is 11.5 Å². The van der Waals surface area contributed by atoms with Crippen molar-refractivity contribution in [2.24, 2.45) is 5.73 Å². The summed E-state index contributed by atoms with van der Waals surface area (Å²) >= 11 is 0. The van der Waals surface area contributed by atoms with Gasteiger partial charge < -0.3 is 11.5 Å². The highest BCUT2D eigenvalue weighted by Gasteiger charge is 2.05. The van der Waals surface area contributed by atoms with Gasteiger partial charge in [-0.05, 0) is 30.2 Å². The molecule has 66 valence electrons. The molecular weight excluding hydrogens is 155 g/mol. The monoisotopic (exact) mass is 168 g/mol. The zero-order valence-corrected chi connectivity index (χ0v) is 7.05. The molecule has 0 saturated carbocycles. The summed E-state index contributed by atoms with van der Waals surface area (Å²) in [5.74, 6) is -0.187. The van der Waals surface area contributed by atoms with E-state index < -0.39 is 0 Å². The van der Waals surface area contributed by atoms with Crippen molar-refractivity contribution in [1.29, 1.82) is 0 Å². The first-order chi connectivity index (χ1) is 5.65. The van der Waals surface area contributed by atoms with E-state index >= 15 is 0 Å². The Hall–Kier alpha value is -1.09. The van der Waals surface area contributed by atoms with Gasteiger partial charge in [-0.15, -0.1) is 0 Å². The highest BCUT2D eigenvalue weighted by molar-refractivity contribution is 5.42. The lowest BCUT2D eigenvalue weighted by Gasteiger charge is -2.08. The smallest absolute Gasteiger partial charge is 0.146 e. The van der Waals surface area contributed by atoms with E-state index in [-0.39, 0.29) is 17.4 Å². The van der Waals surface area contributed by atoms with Crippen molar-refractivity contribution in [2.45, 2.75) is 12.8 Å². The lowest BCUT2D eigenvalue weighted by atomic mass is 10.0. The zero-order chi connectivity index (χ0) is 9.14. The molecule has 1 aromatic carbocycles. The molecule has 0 spiro atoms. The number of anilines is 1. The molecule has 0 bridgehead atoms. The minimum absolute atomic E-state index is 0.181. The van der Waals surface area contributed by atoms with Crippen LogP contribution in [0.4, 0.5) is 10.1 Å². The number of benzene rings is 1. The summed E-state index contributed by atoms with van der Waals surface area (Å²) in [6.07, 6.45) is 0. The minimum Gasteiger partial charge on any atom is -0.396 e. The average molecular weight is 168 g/mol. The van der Waals surface area contributed by atoms with Gasteiger partial charge in [0.05, 0.1) is 5.69 Å². The zero-order valence-electron chi connectivity index (χ0n) is 7.05. The van der Waals surface area contributed by atoms with Crippen LogP contribution in [0, 0.1) is 5.82 Å². The van der Waals surface area contributed by atoms with E-state index in [0.29, 0.717) is 6.54 Å². The van der Waals surface area contributed by atoms with Gasteiger partial charge in [0.25, 0.3) is 0 Å². The molecule has 4 N–H and O–H groups in total. The Labute approximate surface area is 71.4 Å². The highest BCUT2D eigenvalue weighted by atomic mass is 19.1. The van der Waals surface area contributed by atoms with Crippen LogP contribution in [0.2, 0.25) is 0 Å². The van der Waals surface area contributed by atoms with Crippen molar-refractivity contribution in [3.8, 4) is 0 Å². The minimum atomic E-state index is -0.368. The Balaban J connectivity index is 2.96. The number of nitrogens with two attached hydrogens (primary N) is 2. The van der Waals surface area contributed by atoms with Crippen LogP contribution < -0.4 is 11.5 Å². The number of hydrogen-bond acceptors (Lipinski definition) is 2. The summed E-state index contributed by atoms with van der Waals surface area (Å²) in [5, 5.41) is 0.